The number of rotatable bonds is 6. The van der Waals surface area contributed by atoms with Gasteiger partial charge in [-0.1, -0.05) is 12.1 Å². The molecular weight excluding hydrogens is 248 g/mol. The molecule has 0 fully saturated rings. The molecule has 1 amide bonds. The van der Waals surface area contributed by atoms with Crippen molar-refractivity contribution in [1.29, 1.82) is 5.26 Å². The summed E-state index contributed by atoms with van der Waals surface area (Å²) in [7, 11) is 0. The molecule has 0 saturated carbocycles. The Morgan fingerprint density at radius 3 is 2.89 bits per heavy atom. The molecule has 0 aromatic heterocycles. The molecule has 1 N–H and O–H groups in total. The molecule has 0 aliphatic rings. The van der Waals surface area contributed by atoms with Crippen molar-refractivity contribution in [3.05, 3.63) is 29.8 Å². The summed E-state index contributed by atoms with van der Waals surface area (Å²) in [6.45, 7) is 1.48. The highest BCUT2D eigenvalue weighted by Crippen LogP contribution is 2.12. The van der Waals surface area contributed by atoms with Gasteiger partial charge in [-0.15, -0.1) is 0 Å². The van der Waals surface area contributed by atoms with Crippen molar-refractivity contribution in [2.75, 3.05) is 16.8 Å². The molecule has 1 aromatic rings. The van der Waals surface area contributed by atoms with E-state index >= 15 is 0 Å². The zero-order chi connectivity index (χ0) is 13.4. The number of nitrogens with zero attached hydrogens (tertiary/aromatic N) is 1. The Kier molecular flexibility index (Phi) is 5.95. The van der Waals surface area contributed by atoms with Crippen molar-refractivity contribution < 1.29 is 9.59 Å². The second-order valence-corrected chi connectivity index (χ2v) is 4.75. The highest BCUT2D eigenvalue weighted by molar-refractivity contribution is 7.99. The fourth-order valence-corrected chi connectivity index (χ4v) is 1.93. The standard InChI is InChI=1S/C13H14N2O2S/c1-10(16)11-4-2-5-12(8-11)15-13(17)9-18-7-3-6-14/h2,4-5,8H,3,7,9H2,1H3,(H,15,17). The SMILES string of the molecule is CC(=O)c1cccc(NC(=O)CSCCC#N)c1. The van der Waals surface area contributed by atoms with E-state index in [0.29, 0.717) is 29.2 Å². The first-order chi connectivity index (χ1) is 8.63. The number of benzene rings is 1. The first-order valence-electron chi connectivity index (χ1n) is 5.49. The van der Waals surface area contributed by atoms with E-state index in [2.05, 4.69) is 5.32 Å². The summed E-state index contributed by atoms with van der Waals surface area (Å²) < 4.78 is 0. The minimum absolute atomic E-state index is 0.0329. The molecule has 0 saturated heterocycles. The Morgan fingerprint density at radius 1 is 1.44 bits per heavy atom. The number of hydrogen-bond acceptors (Lipinski definition) is 4. The number of nitriles is 1. The van der Waals surface area contributed by atoms with Gasteiger partial charge in [-0.3, -0.25) is 9.59 Å². The summed E-state index contributed by atoms with van der Waals surface area (Å²) >= 11 is 1.41. The van der Waals surface area contributed by atoms with Crippen LogP contribution in [0.25, 0.3) is 0 Å². The smallest absolute Gasteiger partial charge is 0.234 e. The second kappa shape index (κ2) is 7.51. The number of nitrogens with one attached hydrogen (secondary N) is 1. The maximum Gasteiger partial charge on any atom is 0.234 e. The Labute approximate surface area is 110 Å². The number of amides is 1. The molecule has 4 nitrogen and oxygen atoms in total. The van der Waals surface area contributed by atoms with E-state index in [0.717, 1.165) is 0 Å². The van der Waals surface area contributed by atoms with Crippen LogP contribution in [-0.2, 0) is 4.79 Å². The van der Waals surface area contributed by atoms with Crippen LogP contribution in [0, 0.1) is 11.3 Å². The number of anilines is 1. The van der Waals surface area contributed by atoms with Crippen molar-refractivity contribution in [3.8, 4) is 6.07 Å². The predicted octanol–water partition coefficient (Wildman–Crippen LogP) is 2.47. The predicted molar refractivity (Wildman–Crippen MR) is 72.6 cm³/mol. The van der Waals surface area contributed by atoms with Gasteiger partial charge in [-0.25, -0.2) is 0 Å². The maximum absolute atomic E-state index is 11.6. The summed E-state index contributed by atoms with van der Waals surface area (Å²) in [4.78, 5) is 22.7. The molecule has 18 heavy (non-hydrogen) atoms. The largest absolute Gasteiger partial charge is 0.325 e. The van der Waals surface area contributed by atoms with Crippen molar-refractivity contribution in [1.82, 2.24) is 0 Å². The third-order valence-corrected chi connectivity index (χ3v) is 3.10. The third kappa shape index (κ3) is 5.02. The summed E-state index contributed by atoms with van der Waals surface area (Å²) in [5.41, 5.74) is 1.19. The fraction of sp³-hybridized carbons (Fsp3) is 0.308. The lowest BCUT2D eigenvalue weighted by Gasteiger charge is -2.05. The van der Waals surface area contributed by atoms with Crippen LogP contribution in [0.2, 0.25) is 0 Å². The van der Waals surface area contributed by atoms with E-state index in [1.807, 2.05) is 6.07 Å². The van der Waals surface area contributed by atoms with E-state index in [-0.39, 0.29) is 11.7 Å². The zero-order valence-corrected chi connectivity index (χ0v) is 10.9. The number of carbonyl (C=O) groups excluding carboxylic acids is 2. The van der Waals surface area contributed by atoms with E-state index in [4.69, 9.17) is 5.26 Å². The molecule has 0 unspecified atom stereocenters. The van der Waals surface area contributed by atoms with Gasteiger partial charge in [-0.2, -0.15) is 17.0 Å². The topological polar surface area (TPSA) is 70.0 Å². The molecule has 0 bridgehead atoms. The first-order valence-corrected chi connectivity index (χ1v) is 6.64. The lowest BCUT2D eigenvalue weighted by Crippen LogP contribution is -2.14. The minimum atomic E-state index is -0.126. The maximum atomic E-state index is 11.6. The Hall–Kier alpha value is -1.80. The van der Waals surface area contributed by atoms with Gasteiger partial charge in [0, 0.05) is 23.4 Å². The van der Waals surface area contributed by atoms with Crippen LogP contribution in [0.1, 0.15) is 23.7 Å². The molecule has 0 spiro atoms. The van der Waals surface area contributed by atoms with Gasteiger partial charge >= 0.3 is 0 Å². The van der Waals surface area contributed by atoms with Gasteiger partial charge in [-0.05, 0) is 19.1 Å². The highest BCUT2D eigenvalue weighted by Gasteiger charge is 2.04. The number of carbonyl (C=O) groups is 2. The Morgan fingerprint density at radius 2 is 2.22 bits per heavy atom. The monoisotopic (exact) mass is 262 g/mol. The molecule has 1 aromatic carbocycles. The van der Waals surface area contributed by atoms with E-state index in [9.17, 15) is 9.59 Å². The number of Topliss-reactive ketones (excluding diaryl/α,β-unsaturated/α-hetero) is 1. The molecular formula is C13H14N2O2S. The van der Waals surface area contributed by atoms with E-state index in [1.165, 1.54) is 18.7 Å². The molecule has 0 aliphatic heterocycles. The van der Waals surface area contributed by atoms with Crippen LogP contribution in [0.4, 0.5) is 5.69 Å². The number of thioether (sulfide) groups is 1. The Bertz CT molecular complexity index is 480. The van der Waals surface area contributed by atoms with Crippen molar-refractivity contribution in [2.45, 2.75) is 13.3 Å². The van der Waals surface area contributed by atoms with Gasteiger partial charge in [0.25, 0.3) is 0 Å². The van der Waals surface area contributed by atoms with Crippen LogP contribution in [0.3, 0.4) is 0 Å². The summed E-state index contributed by atoms with van der Waals surface area (Å²) in [5, 5.41) is 11.1. The molecule has 0 heterocycles. The lowest BCUT2D eigenvalue weighted by atomic mass is 10.1. The Balaban J connectivity index is 2.47. The van der Waals surface area contributed by atoms with Crippen molar-refractivity contribution in [3.63, 3.8) is 0 Å². The van der Waals surface area contributed by atoms with Crippen LogP contribution in [0.15, 0.2) is 24.3 Å². The quantitative estimate of drug-likeness (QED) is 0.631. The second-order valence-electron chi connectivity index (χ2n) is 3.65. The molecule has 0 aliphatic carbocycles. The van der Waals surface area contributed by atoms with Crippen LogP contribution >= 0.6 is 11.8 Å². The van der Waals surface area contributed by atoms with Crippen molar-refractivity contribution >= 4 is 29.1 Å². The molecule has 5 heteroatoms. The summed E-state index contributed by atoms with van der Waals surface area (Å²) in [6.07, 6.45) is 0.442. The van der Waals surface area contributed by atoms with Gasteiger partial charge in [0.05, 0.1) is 11.8 Å². The third-order valence-electron chi connectivity index (χ3n) is 2.14. The van der Waals surface area contributed by atoms with Crippen LogP contribution in [-0.4, -0.2) is 23.2 Å². The van der Waals surface area contributed by atoms with E-state index < -0.39 is 0 Å². The molecule has 0 radical (unpaired) electrons. The molecule has 1 rings (SSSR count). The van der Waals surface area contributed by atoms with Gasteiger partial charge in [0.15, 0.2) is 5.78 Å². The average molecular weight is 262 g/mol. The summed E-state index contributed by atoms with van der Waals surface area (Å²) in [5.74, 6) is 0.803. The zero-order valence-electron chi connectivity index (χ0n) is 10.1. The van der Waals surface area contributed by atoms with Gasteiger partial charge in [0.2, 0.25) is 5.91 Å². The molecule has 94 valence electrons. The average Bonchev–Trinajstić information content (AvgIpc) is 2.35. The van der Waals surface area contributed by atoms with Gasteiger partial charge in [0.1, 0.15) is 0 Å². The fourth-order valence-electron chi connectivity index (χ4n) is 1.30. The molecule has 0 atom stereocenters. The highest BCUT2D eigenvalue weighted by atomic mass is 32.2. The number of ketones is 1. The minimum Gasteiger partial charge on any atom is -0.325 e. The van der Waals surface area contributed by atoms with Crippen LogP contribution < -0.4 is 5.32 Å². The van der Waals surface area contributed by atoms with Crippen molar-refractivity contribution in [2.24, 2.45) is 0 Å². The van der Waals surface area contributed by atoms with Crippen LogP contribution in [0.5, 0.6) is 0 Å². The van der Waals surface area contributed by atoms with Gasteiger partial charge < -0.3 is 5.32 Å². The lowest BCUT2D eigenvalue weighted by molar-refractivity contribution is -0.113. The summed E-state index contributed by atoms with van der Waals surface area (Å²) in [6, 6.07) is 8.85. The van der Waals surface area contributed by atoms with E-state index in [1.54, 1.807) is 24.3 Å². The normalized spacial score (nSPS) is 9.56. The number of hydrogen-bond donors (Lipinski definition) is 1. The first kappa shape index (κ1) is 14.3.